The Hall–Kier alpha value is -0.710. The number of nitrogens with zero attached hydrogens (tertiary/aromatic N) is 2. The maximum atomic E-state index is 5.54. The average Bonchev–Trinajstić information content (AvgIpc) is 2.73. The van der Waals surface area contributed by atoms with Crippen LogP contribution in [0.1, 0.15) is 5.89 Å². The number of alkyl halides is 3. The molecule has 74 valence electrons. The number of hydrogen-bond donors (Lipinski definition) is 0. The van der Waals surface area contributed by atoms with Crippen LogP contribution in [-0.4, -0.2) is 10.2 Å². The van der Waals surface area contributed by atoms with Gasteiger partial charge in [0.15, 0.2) is 5.76 Å². The van der Waals surface area contributed by atoms with E-state index in [1.807, 2.05) is 0 Å². The zero-order valence-electron chi connectivity index (χ0n) is 6.58. The van der Waals surface area contributed by atoms with E-state index in [0.717, 1.165) is 0 Å². The van der Waals surface area contributed by atoms with Crippen LogP contribution in [0.25, 0.3) is 11.7 Å². The van der Waals surface area contributed by atoms with Crippen LogP contribution in [0.15, 0.2) is 27.2 Å². The summed E-state index contributed by atoms with van der Waals surface area (Å²) >= 11 is 16.6. The van der Waals surface area contributed by atoms with Crippen molar-refractivity contribution in [3.05, 3.63) is 24.3 Å². The highest BCUT2D eigenvalue weighted by Gasteiger charge is 2.30. The minimum Gasteiger partial charge on any atom is -0.459 e. The van der Waals surface area contributed by atoms with E-state index in [2.05, 4.69) is 10.2 Å². The molecule has 2 aromatic rings. The van der Waals surface area contributed by atoms with Gasteiger partial charge in [-0.2, -0.15) is 0 Å². The molecular formula is C7H3Cl3N2O2. The molecule has 0 saturated carbocycles. The number of halogens is 3. The summed E-state index contributed by atoms with van der Waals surface area (Å²) in [7, 11) is 0. The Kier molecular flexibility index (Phi) is 2.43. The Morgan fingerprint density at radius 2 is 2.00 bits per heavy atom. The highest BCUT2D eigenvalue weighted by molar-refractivity contribution is 6.66. The summed E-state index contributed by atoms with van der Waals surface area (Å²) in [6.07, 6.45) is 1.48. The fourth-order valence-electron chi connectivity index (χ4n) is 0.838. The fraction of sp³-hybridized carbons (Fsp3) is 0.143. The van der Waals surface area contributed by atoms with E-state index in [0.29, 0.717) is 5.76 Å². The van der Waals surface area contributed by atoms with Crippen molar-refractivity contribution in [1.82, 2.24) is 10.2 Å². The van der Waals surface area contributed by atoms with E-state index in [9.17, 15) is 0 Å². The standard InChI is InChI=1S/C7H3Cl3N2O2/c8-7(9,10)6-12-11-5(14-6)4-2-1-3-13-4/h1-3H. The van der Waals surface area contributed by atoms with Crippen molar-refractivity contribution in [2.75, 3.05) is 0 Å². The van der Waals surface area contributed by atoms with E-state index >= 15 is 0 Å². The Morgan fingerprint density at radius 3 is 2.50 bits per heavy atom. The molecule has 0 radical (unpaired) electrons. The highest BCUT2D eigenvalue weighted by Crippen LogP contribution is 2.38. The first-order valence-corrected chi connectivity index (χ1v) is 4.65. The SMILES string of the molecule is ClC(Cl)(Cl)c1nnc(-c2ccco2)o1. The van der Waals surface area contributed by atoms with Gasteiger partial charge in [-0.25, -0.2) is 0 Å². The van der Waals surface area contributed by atoms with Crippen LogP contribution in [0, 0.1) is 0 Å². The Bertz CT molecular complexity index is 418. The lowest BCUT2D eigenvalue weighted by Crippen LogP contribution is -1.99. The smallest absolute Gasteiger partial charge is 0.283 e. The zero-order valence-corrected chi connectivity index (χ0v) is 8.84. The molecule has 0 aliphatic heterocycles. The lowest BCUT2D eigenvalue weighted by atomic mass is 10.5. The van der Waals surface area contributed by atoms with Crippen molar-refractivity contribution >= 4 is 34.8 Å². The van der Waals surface area contributed by atoms with Gasteiger partial charge in [-0.15, -0.1) is 10.2 Å². The first-order chi connectivity index (χ1) is 6.57. The number of rotatable bonds is 1. The molecule has 0 aliphatic rings. The third-order valence-corrected chi connectivity index (χ3v) is 1.88. The van der Waals surface area contributed by atoms with Crippen molar-refractivity contribution in [3.8, 4) is 11.7 Å². The van der Waals surface area contributed by atoms with Crippen molar-refractivity contribution in [2.24, 2.45) is 0 Å². The van der Waals surface area contributed by atoms with Gasteiger partial charge in [0.1, 0.15) is 0 Å². The van der Waals surface area contributed by atoms with E-state index < -0.39 is 3.79 Å². The van der Waals surface area contributed by atoms with Gasteiger partial charge in [-0.1, -0.05) is 34.8 Å². The molecule has 0 bridgehead atoms. The minimum absolute atomic E-state index is 0.0890. The van der Waals surface area contributed by atoms with Gasteiger partial charge in [0, 0.05) is 0 Å². The molecule has 2 heterocycles. The average molecular weight is 253 g/mol. The molecule has 0 aromatic carbocycles. The Labute approximate surface area is 93.8 Å². The fourth-order valence-corrected chi connectivity index (χ4v) is 1.07. The maximum Gasteiger partial charge on any atom is 0.283 e. The van der Waals surface area contributed by atoms with E-state index in [1.54, 1.807) is 12.1 Å². The van der Waals surface area contributed by atoms with E-state index in [-0.39, 0.29) is 11.8 Å². The van der Waals surface area contributed by atoms with Gasteiger partial charge in [0.05, 0.1) is 6.26 Å². The summed E-state index contributed by atoms with van der Waals surface area (Å²) in [5.74, 6) is 0.517. The largest absolute Gasteiger partial charge is 0.459 e. The van der Waals surface area contributed by atoms with Crippen LogP contribution >= 0.6 is 34.8 Å². The second kappa shape index (κ2) is 3.46. The van der Waals surface area contributed by atoms with E-state index in [1.165, 1.54) is 6.26 Å². The Morgan fingerprint density at radius 1 is 1.21 bits per heavy atom. The molecule has 14 heavy (non-hydrogen) atoms. The molecule has 4 nitrogen and oxygen atoms in total. The van der Waals surface area contributed by atoms with Crippen LogP contribution in [0.3, 0.4) is 0 Å². The molecule has 0 spiro atoms. The van der Waals surface area contributed by atoms with Crippen LogP contribution < -0.4 is 0 Å². The molecule has 0 aliphatic carbocycles. The number of furan rings is 1. The number of hydrogen-bond acceptors (Lipinski definition) is 4. The zero-order chi connectivity index (χ0) is 10.2. The third kappa shape index (κ3) is 1.87. The molecule has 0 amide bonds. The predicted octanol–water partition coefficient (Wildman–Crippen LogP) is 3.16. The summed E-state index contributed by atoms with van der Waals surface area (Å²) in [4.78, 5) is 0. The van der Waals surface area contributed by atoms with Gasteiger partial charge < -0.3 is 8.83 Å². The molecule has 0 N–H and O–H groups in total. The molecular weight excluding hydrogens is 250 g/mol. The van der Waals surface area contributed by atoms with Gasteiger partial charge in [0.2, 0.25) is 0 Å². The highest BCUT2D eigenvalue weighted by atomic mass is 35.6. The van der Waals surface area contributed by atoms with Gasteiger partial charge in [0.25, 0.3) is 15.6 Å². The quantitative estimate of drug-likeness (QED) is 0.733. The second-order valence-electron chi connectivity index (χ2n) is 2.39. The topological polar surface area (TPSA) is 52.1 Å². The first-order valence-electron chi connectivity index (χ1n) is 3.52. The van der Waals surface area contributed by atoms with Crippen LogP contribution in [-0.2, 0) is 3.79 Å². The van der Waals surface area contributed by atoms with E-state index in [4.69, 9.17) is 43.6 Å². The first kappa shape index (κ1) is 9.83. The van der Waals surface area contributed by atoms with Gasteiger partial charge in [-0.3, -0.25) is 0 Å². The normalized spacial score (nSPS) is 11.9. The Balaban J connectivity index is 2.36. The summed E-state index contributed by atoms with van der Waals surface area (Å²) < 4.78 is 8.39. The molecule has 2 aromatic heterocycles. The second-order valence-corrected chi connectivity index (χ2v) is 4.67. The van der Waals surface area contributed by atoms with Gasteiger partial charge >= 0.3 is 0 Å². The van der Waals surface area contributed by atoms with Crippen LogP contribution in [0.2, 0.25) is 0 Å². The summed E-state index contributed by atoms with van der Waals surface area (Å²) in [5, 5.41) is 7.23. The lowest BCUT2D eigenvalue weighted by molar-refractivity contribution is 0.485. The molecule has 7 heteroatoms. The molecule has 0 saturated heterocycles. The summed E-state index contributed by atoms with van der Waals surface area (Å²) in [6, 6.07) is 3.35. The van der Waals surface area contributed by atoms with Gasteiger partial charge in [-0.05, 0) is 12.1 Å². The summed E-state index contributed by atoms with van der Waals surface area (Å²) in [5.41, 5.74) is 0. The van der Waals surface area contributed by atoms with Crippen molar-refractivity contribution < 1.29 is 8.83 Å². The third-order valence-electron chi connectivity index (χ3n) is 1.40. The molecule has 0 fully saturated rings. The van der Waals surface area contributed by atoms with Crippen LogP contribution in [0.4, 0.5) is 0 Å². The maximum absolute atomic E-state index is 5.54. The summed E-state index contributed by atoms with van der Waals surface area (Å²) in [6.45, 7) is 0. The molecule has 0 unspecified atom stereocenters. The minimum atomic E-state index is -1.71. The van der Waals surface area contributed by atoms with Crippen molar-refractivity contribution in [3.63, 3.8) is 0 Å². The molecule has 0 atom stereocenters. The van der Waals surface area contributed by atoms with Crippen molar-refractivity contribution in [1.29, 1.82) is 0 Å². The molecule has 2 rings (SSSR count). The number of aromatic nitrogens is 2. The van der Waals surface area contributed by atoms with Crippen LogP contribution in [0.5, 0.6) is 0 Å². The predicted molar refractivity (Wildman–Crippen MR) is 51.2 cm³/mol. The van der Waals surface area contributed by atoms with Crippen molar-refractivity contribution in [2.45, 2.75) is 3.79 Å². The monoisotopic (exact) mass is 252 g/mol. The lowest BCUT2D eigenvalue weighted by Gasteiger charge is -2.01.